The second kappa shape index (κ2) is 9.00. The third-order valence-electron chi connectivity index (χ3n) is 3.85. The van der Waals surface area contributed by atoms with E-state index in [1.807, 2.05) is 25.1 Å². The van der Waals surface area contributed by atoms with Crippen molar-refractivity contribution in [3.63, 3.8) is 0 Å². The van der Waals surface area contributed by atoms with Crippen LogP contribution in [0.15, 0.2) is 48.5 Å². The summed E-state index contributed by atoms with van der Waals surface area (Å²) in [6.45, 7) is -0.224. The third-order valence-corrected chi connectivity index (χ3v) is 3.85. The van der Waals surface area contributed by atoms with Gasteiger partial charge in [0.05, 0.1) is 0 Å². The minimum Gasteiger partial charge on any atom is -0.484 e. The van der Waals surface area contributed by atoms with Gasteiger partial charge in [-0.25, -0.2) is 4.39 Å². The lowest BCUT2D eigenvalue weighted by atomic mass is 10.1. The first-order valence-electron chi connectivity index (χ1n) is 8.16. The van der Waals surface area contributed by atoms with Gasteiger partial charge in [-0.2, -0.15) is 13.2 Å². The van der Waals surface area contributed by atoms with Crippen LogP contribution in [0.3, 0.4) is 0 Å². The van der Waals surface area contributed by atoms with Crippen LogP contribution < -0.4 is 10.1 Å². The molecule has 3 nitrogen and oxygen atoms in total. The van der Waals surface area contributed by atoms with E-state index in [0.717, 1.165) is 11.1 Å². The number of nitrogens with one attached hydrogen (secondary N) is 1. The predicted octanol–water partition coefficient (Wildman–Crippen LogP) is 4.16. The van der Waals surface area contributed by atoms with E-state index < -0.39 is 12.8 Å². The van der Waals surface area contributed by atoms with Gasteiger partial charge in [0.25, 0.3) is 0 Å². The molecule has 7 heteroatoms. The fourth-order valence-corrected chi connectivity index (χ4v) is 2.55. The number of benzene rings is 2. The lowest BCUT2D eigenvalue weighted by molar-refractivity contribution is -0.153. The number of hydrogen-bond acceptors (Lipinski definition) is 3. The normalized spacial score (nSPS) is 13.0. The monoisotopic (exact) mass is 370 g/mol. The summed E-state index contributed by atoms with van der Waals surface area (Å²) in [5.74, 6) is -0.0980. The van der Waals surface area contributed by atoms with Crippen molar-refractivity contribution in [2.24, 2.45) is 0 Å². The Balaban J connectivity index is 1.92. The van der Waals surface area contributed by atoms with Crippen molar-refractivity contribution in [1.82, 2.24) is 10.2 Å². The number of likely N-dealkylation sites (N-methyl/N-ethyl adjacent to an activating group) is 1. The van der Waals surface area contributed by atoms with Gasteiger partial charge in [0.2, 0.25) is 0 Å². The minimum atomic E-state index is -4.36. The van der Waals surface area contributed by atoms with Crippen molar-refractivity contribution in [3.8, 4) is 5.75 Å². The Morgan fingerprint density at radius 3 is 2.38 bits per heavy atom. The zero-order chi connectivity index (χ0) is 19.2. The molecule has 0 bridgehead atoms. The maximum atomic E-state index is 13.1. The van der Waals surface area contributed by atoms with E-state index in [1.54, 1.807) is 24.3 Å². The molecule has 2 rings (SSSR count). The first-order valence-corrected chi connectivity index (χ1v) is 8.16. The topological polar surface area (TPSA) is 24.5 Å². The molecule has 26 heavy (non-hydrogen) atoms. The van der Waals surface area contributed by atoms with E-state index in [1.165, 1.54) is 18.2 Å². The van der Waals surface area contributed by atoms with Crippen LogP contribution in [0.2, 0.25) is 0 Å². The van der Waals surface area contributed by atoms with Gasteiger partial charge in [0.1, 0.15) is 11.6 Å². The molecule has 2 aromatic carbocycles. The maximum absolute atomic E-state index is 13.1. The highest BCUT2D eigenvalue weighted by atomic mass is 19.4. The van der Waals surface area contributed by atoms with Crippen LogP contribution in [-0.4, -0.2) is 38.3 Å². The Morgan fingerprint density at radius 1 is 1.08 bits per heavy atom. The molecule has 0 amide bonds. The highest BCUT2D eigenvalue weighted by molar-refractivity contribution is 5.28. The van der Waals surface area contributed by atoms with E-state index in [-0.39, 0.29) is 17.6 Å². The summed E-state index contributed by atoms with van der Waals surface area (Å²) in [7, 11) is 3.86. The first kappa shape index (κ1) is 20.2. The Kier molecular flexibility index (Phi) is 6.99. The van der Waals surface area contributed by atoms with Crippen LogP contribution in [0.5, 0.6) is 5.75 Å². The molecule has 0 saturated carbocycles. The molecule has 2 aromatic rings. The SMILES string of the molecule is CN(C)[C@H](CNCc1cccc(OCC(F)(F)F)c1)c1ccc(F)cc1. The van der Waals surface area contributed by atoms with E-state index in [0.29, 0.717) is 13.1 Å². The zero-order valence-electron chi connectivity index (χ0n) is 14.7. The molecule has 0 unspecified atom stereocenters. The summed E-state index contributed by atoms with van der Waals surface area (Å²) < 4.78 is 54.5. The molecule has 0 aromatic heterocycles. The Morgan fingerprint density at radius 2 is 1.77 bits per heavy atom. The van der Waals surface area contributed by atoms with Crippen LogP contribution in [0, 0.1) is 5.82 Å². The molecule has 0 aliphatic carbocycles. The molecule has 142 valence electrons. The fraction of sp³-hybridized carbons (Fsp3) is 0.368. The van der Waals surface area contributed by atoms with Gasteiger partial charge in [0, 0.05) is 19.1 Å². The van der Waals surface area contributed by atoms with Gasteiger partial charge in [-0.05, 0) is 49.5 Å². The molecule has 0 aliphatic rings. The van der Waals surface area contributed by atoms with Crippen LogP contribution in [-0.2, 0) is 6.54 Å². The van der Waals surface area contributed by atoms with E-state index in [2.05, 4.69) is 5.32 Å². The molecule has 0 fully saturated rings. The molecule has 0 heterocycles. The summed E-state index contributed by atoms with van der Waals surface area (Å²) in [4.78, 5) is 2.02. The number of halogens is 4. The van der Waals surface area contributed by atoms with Crippen LogP contribution in [0.25, 0.3) is 0 Å². The van der Waals surface area contributed by atoms with Gasteiger partial charge in [-0.1, -0.05) is 24.3 Å². The molecule has 1 atom stereocenters. The standard InChI is InChI=1S/C19H22F4N2O/c1-25(2)18(15-6-8-16(20)9-7-15)12-24-11-14-4-3-5-17(10-14)26-13-19(21,22)23/h3-10,18,24H,11-13H2,1-2H3/t18-/m1/s1. The van der Waals surface area contributed by atoms with Gasteiger partial charge in [0.15, 0.2) is 6.61 Å². The molecule has 0 saturated heterocycles. The summed E-state index contributed by atoms with van der Waals surface area (Å²) in [6.07, 6.45) is -4.36. The van der Waals surface area contributed by atoms with Gasteiger partial charge >= 0.3 is 6.18 Å². The average molecular weight is 370 g/mol. The molecular formula is C19H22F4N2O. The summed E-state index contributed by atoms with van der Waals surface area (Å²) >= 11 is 0. The van der Waals surface area contributed by atoms with Crippen molar-refractivity contribution in [2.45, 2.75) is 18.8 Å². The Labute approximate surface area is 150 Å². The van der Waals surface area contributed by atoms with Gasteiger partial charge in [-0.15, -0.1) is 0 Å². The van der Waals surface area contributed by atoms with Gasteiger partial charge in [-0.3, -0.25) is 0 Å². The third kappa shape index (κ3) is 6.65. The summed E-state index contributed by atoms with van der Waals surface area (Å²) in [5.41, 5.74) is 1.80. The smallest absolute Gasteiger partial charge is 0.422 e. The van der Waals surface area contributed by atoms with E-state index in [9.17, 15) is 17.6 Å². The second-order valence-electron chi connectivity index (χ2n) is 6.21. The van der Waals surface area contributed by atoms with Crippen molar-refractivity contribution in [3.05, 3.63) is 65.5 Å². The zero-order valence-corrected chi connectivity index (χ0v) is 14.7. The maximum Gasteiger partial charge on any atom is 0.422 e. The number of nitrogens with zero attached hydrogens (tertiary/aromatic N) is 1. The summed E-state index contributed by atoms with van der Waals surface area (Å²) in [5, 5.41) is 3.28. The van der Waals surface area contributed by atoms with Crippen LogP contribution in [0.4, 0.5) is 17.6 Å². The second-order valence-corrected chi connectivity index (χ2v) is 6.21. The van der Waals surface area contributed by atoms with Gasteiger partial charge < -0.3 is 15.0 Å². The summed E-state index contributed by atoms with van der Waals surface area (Å²) in [6, 6.07) is 12.9. The predicted molar refractivity (Wildman–Crippen MR) is 92.5 cm³/mol. The van der Waals surface area contributed by atoms with E-state index in [4.69, 9.17) is 4.74 Å². The fourth-order valence-electron chi connectivity index (χ4n) is 2.55. The van der Waals surface area contributed by atoms with Crippen molar-refractivity contribution in [2.75, 3.05) is 27.2 Å². The Bertz CT molecular complexity index is 687. The lowest BCUT2D eigenvalue weighted by Crippen LogP contribution is -2.30. The van der Waals surface area contributed by atoms with E-state index >= 15 is 0 Å². The average Bonchev–Trinajstić information content (AvgIpc) is 2.57. The molecule has 1 N–H and O–H groups in total. The number of hydrogen-bond donors (Lipinski definition) is 1. The Hall–Kier alpha value is -2.12. The minimum absolute atomic E-state index is 0.0419. The molecule has 0 spiro atoms. The van der Waals surface area contributed by atoms with Crippen molar-refractivity contribution < 1.29 is 22.3 Å². The number of alkyl halides is 3. The lowest BCUT2D eigenvalue weighted by Gasteiger charge is -2.25. The van der Waals surface area contributed by atoms with Crippen LogP contribution >= 0.6 is 0 Å². The number of ether oxygens (including phenoxy) is 1. The first-order chi connectivity index (χ1) is 12.2. The number of rotatable bonds is 8. The quantitative estimate of drug-likeness (QED) is 0.707. The highest BCUT2D eigenvalue weighted by Gasteiger charge is 2.28. The molecule has 0 aliphatic heterocycles. The highest BCUT2D eigenvalue weighted by Crippen LogP contribution is 2.20. The van der Waals surface area contributed by atoms with Crippen LogP contribution in [0.1, 0.15) is 17.2 Å². The van der Waals surface area contributed by atoms with Crippen molar-refractivity contribution >= 4 is 0 Å². The van der Waals surface area contributed by atoms with Crippen molar-refractivity contribution in [1.29, 1.82) is 0 Å². The molecular weight excluding hydrogens is 348 g/mol. The largest absolute Gasteiger partial charge is 0.484 e. The molecule has 0 radical (unpaired) electrons.